The highest BCUT2D eigenvalue weighted by Crippen LogP contribution is 2.36. The third-order valence-electron chi connectivity index (χ3n) is 5.12. The summed E-state index contributed by atoms with van der Waals surface area (Å²) in [6, 6.07) is 18.8. The van der Waals surface area contributed by atoms with Crippen molar-refractivity contribution >= 4 is 33.3 Å². The van der Waals surface area contributed by atoms with E-state index in [-0.39, 0.29) is 0 Å². The number of benzene rings is 1. The van der Waals surface area contributed by atoms with Crippen LogP contribution < -0.4 is 0 Å². The molecule has 2 N–H and O–H groups in total. The molecular formula is C23H15N5S. The van der Waals surface area contributed by atoms with Crippen molar-refractivity contribution in [3.8, 4) is 33.0 Å². The topological polar surface area (TPSA) is 70.2 Å². The maximum absolute atomic E-state index is 4.56. The number of aromatic amines is 2. The van der Waals surface area contributed by atoms with Gasteiger partial charge in [-0.05, 0) is 35.7 Å². The fourth-order valence-electron chi connectivity index (χ4n) is 3.73. The minimum absolute atomic E-state index is 0.768. The van der Waals surface area contributed by atoms with Crippen LogP contribution >= 0.6 is 11.3 Å². The number of nitrogens with zero attached hydrogens (tertiary/aromatic N) is 3. The van der Waals surface area contributed by atoms with E-state index in [0.717, 1.165) is 39.1 Å². The summed E-state index contributed by atoms with van der Waals surface area (Å²) in [5.41, 5.74) is 6.98. The summed E-state index contributed by atoms with van der Waals surface area (Å²) in [6.07, 6.45) is 5.47. The molecule has 0 aliphatic heterocycles. The van der Waals surface area contributed by atoms with E-state index in [2.05, 4.69) is 73.0 Å². The standard InChI is InChI=1S/C23H15N5S/c1-5-16(21-7-3-9-29-21)17-11-20(26-19(17)6-1)22-18-10-15(13-25-23(18)28-27-22)14-4-2-8-24-12-14/h1-13,26H,(H,25,27,28). The van der Waals surface area contributed by atoms with Gasteiger partial charge in [-0.1, -0.05) is 24.3 Å². The first-order chi connectivity index (χ1) is 14.4. The molecule has 0 fully saturated rings. The van der Waals surface area contributed by atoms with Crippen LogP contribution in [0.5, 0.6) is 0 Å². The van der Waals surface area contributed by atoms with Gasteiger partial charge in [0.2, 0.25) is 0 Å². The van der Waals surface area contributed by atoms with Gasteiger partial charge >= 0.3 is 0 Å². The lowest BCUT2D eigenvalue weighted by atomic mass is 10.1. The first-order valence-electron chi connectivity index (χ1n) is 9.27. The number of H-pyrrole nitrogens is 2. The molecule has 0 unspecified atom stereocenters. The molecule has 6 aromatic rings. The molecular weight excluding hydrogens is 378 g/mol. The number of pyridine rings is 2. The fraction of sp³-hybridized carbons (Fsp3) is 0. The number of nitrogens with one attached hydrogen (secondary N) is 2. The van der Waals surface area contributed by atoms with E-state index < -0.39 is 0 Å². The van der Waals surface area contributed by atoms with Gasteiger partial charge in [0, 0.05) is 56.4 Å². The van der Waals surface area contributed by atoms with E-state index in [9.17, 15) is 0 Å². The van der Waals surface area contributed by atoms with Gasteiger partial charge in [0.15, 0.2) is 5.65 Å². The molecule has 0 atom stereocenters. The van der Waals surface area contributed by atoms with Crippen LogP contribution in [0.25, 0.3) is 54.9 Å². The number of hydrogen-bond donors (Lipinski definition) is 2. The second kappa shape index (κ2) is 6.39. The summed E-state index contributed by atoms with van der Waals surface area (Å²) in [5.74, 6) is 0. The summed E-state index contributed by atoms with van der Waals surface area (Å²) >= 11 is 1.75. The number of thiophene rings is 1. The Bertz CT molecular complexity index is 1450. The second-order valence-electron chi connectivity index (χ2n) is 6.86. The highest BCUT2D eigenvalue weighted by molar-refractivity contribution is 7.13. The minimum atomic E-state index is 0.768. The zero-order valence-corrected chi connectivity index (χ0v) is 16.1. The number of fused-ring (bicyclic) bond motifs is 2. The minimum Gasteiger partial charge on any atom is -0.353 e. The normalized spacial score (nSPS) is 11.4. The molecule has 6 heteroatoms. The molecule has 0 spiro atoms. The Morgan fingerprint density at radius 1 is 0.862 bits per heavy atom. The Labute approximate surface area is 170 Å². The highest BCUT2D eigenvalue weighted by atomic mass is 32.1. The largest absolute Gasteiger partial charge is 0.353 e. The van der Waals surface area contributed by atoms with E-state index in [1.807, 2.05) is 24.5 Å². The molecule has 6 rings (SSSR count). The molecule has 0 saturated carbocycles. The van der Waals surface area contributed by atoms with Crippen LogP contribution in [0.15, 0.2) is 78.6 Å². The van der Waals surface area contributed by atoms with Crippen molar-refractivity contribution in [2.45, 2.75) is 0 Å². The van der Waals surface area contributed by atoms with E-state index in [4.69, 9.17) is 0 Å². The van der Waals surface area contributed by atoms with Crippen molar-refractivity contribution in [2.24, 2.45) is 0 Å². The quantitative estimate of drug-likeness (QED) is 0.393. The second-order valence-corrected chi connectivity index (χ2v) is 7.81. The first kappa shape index (κ1) is 16.2. The zero-order valence-electron chi connectivity index (χ0n) is 15.3. The molecule has 138 valence electrons. The Balaban J connectivity index is 1.53. The Morgan fingerprint density at radius 3 is 2.72 bits per heavy atom. The third-order valence-corrected chi connectivity index (χ3v) is 6.02. The maximum atomic E-state index is 4.56. The van der Waals surface area contributed by atoms with E-state index >= 15 is 0 Å². The van der Waals surface area contributed by atoms with Gasteiger partial charge in [0.1, 0.15) is 5.69 Å². The third kappa shape index (κ3) is 2.65. The van der Waals surface area contributed by atoms with Crippen molar-refractivity contribution in [1.29, 1.82) is 0 Å². The smallest absolute Gasteiger partial charge is 0.155 e. The van der Waals surface area contributed by atoms with Crippen molar-refractivity contribution in [3.63, 3.8) is 0 Å². The van der Waals surface area contributed by atoms with E-state index in [0.29, 0.717) is 0 Å². The summed E-state index contributed by atoms with van der Waals surface area (Å²) in [4.78, 5) is 13.6. The molecule has 0 saturated heterocycles. The Morgan fingerprint density at radius 2 is 1.86 bits per heavy atom. The lowest BCUT2D eigenvalue weighted by molar-refractivity contribution is 1.10. The van der Waals surface area contributed by atoms with Crippen molar-refractivity contribution in [3.05, 3.63) is 78.6 Å². The molecule has 0 radical (unpaired) electrons. The molecule has 0 aliphatic rings. The highest BCUT2D eigenvalue weighted by Gasteiger charge is 2.15. The summed E-state index contributed by atoms with van der Waals surface area (Å²) in [7, 11) is 0. The predicted octanol–water partition coefficient (Wildman–Crippen LogP) is 5.90. The molecule has 5 nitrogen and oxygen atoms in total. The van der Waals surface area contributed by atoms with Crippen molar-refractivity contribution in [2.75, 3.05) is 0 Å². The average Bonchev–Trinajstić information content (AvgIpc) is 3.52. The van der Waals surface area contributed by atoms with Gasteiger partial charge in [-0.25, -0.2) is 4.98 Å². The Kier molecular flexibility index (Phi) is 3.57. The molecule has 29 heavy (non-hydrogen) atoms. The number of aromatic nitrogens is 5. The fourth-order valence-corrected chi connectivity index (χ4v) is 4.50. The van der Waals surface area contributed by atoms with Crippen LogP contribution in [-0.4, -0.2) is 25.1 Å². The Hall–Kier alpha value is -3.77. The number of hydrogen-bond acceptors (Lipinski definition) is 4. The molecule has 0 bridgehead atoms. The molecule has 5 heterocycles. The lowest BCUT2D eigenvalue weighted by Crippen LogP contribution is -1.83. The van der Waals surface area contributed by atoms with Gasteiger partial charge in [-0.3, -0.25) is 10.1 Å². The van der Waals surface area contributed by atoms with Crippen molar-refractivity contribution in [1.82, 2.24) is 25.1 Å². The number of rotatable bonds is 3. The van der Waals surface area contributed by atoms with Gasteiger partial charge in [0.05, 0.1) is 5.69 Å². The maximum Gasteiger partial charge on any atom is 0.155 e. The van der Waals surface area contributed by atoms with Crippen LogP contribution in [0.1, 0.15) is 0 Å². The van der Waals surface area contributed by atoms with Crippen LogP contribution in [0, 0.1) is 0 Å². The summed E-state index contributed by atoms with van der Waals surface area (Å²) in [5, 5.41) is 11.9. The molecule has 0 amide bonds. The van der Waals surface area contributed by atoms with Crippen LogP contribution in [0.4, 0.5) is 0 Å². The average molecular weight is 393 g/mol. The summed E-state index contributed by atoms with van der Waals surface area (Å²) < 4.78 is 0. The predicted molar refractivity (Wildman–Crippen MR) is 118 cm³/mol. The van der Waals surface area contributed by atoms with Gasteiger partial charge < -0.3 is 4.98 Å². The molecule has 0 aliphatic carbocycles. The monoisotopic (exact) mass is 393 g/mol. The van der Waals surface area contributed by atoms with E-state index in [1.165, 1.54) is 15.8 Å². The first-order valence-corrected chi connectivity index (χ1v) is 10.2. The van der Waals surface area contributed by atoms with Gasteiger partial charge in [-0.2, -0.15) is 5.10 Å². The van der Waals surface area contributed by atoms with Gasteiger partial charge in [0.25, 0.3) is 0 Å². The zero-order chi connectivity index (χ0) is 19.2. The van der Waals surface area contributed by atoms with Crippen LogP contribution in [-0.2, 0) is 0 Å². The van der Waals surface area contributed by atoms with Crippen LogP contribution in [0.3, 0.4) is 0 Å². The van der Waals surface area contributed by atoms with E-state index in [1.54, 1.807) is 17.5 Å². The summed E-state index contributed by atoms with van der Waals surface area (Å²) in [6.45, 7) is 0. The SMILES string of the molecule is c1cncc(-c2cnc3[nH]nc(-c4cc5c(-c6cccs6)cccc5[nH]4)c3c2)c1. The van der Waals surface area contributed by atoms with Crippen LogP contribution in [0.2, 0.25) is 0 Å². The molecule has 1 aromatic carbocycles. The van der Waals surface area contributed by atoms with Gasteiger partial charge in [-0.15, -0.1) is 11.3 Å². The molecule has 5 aromatic heterocycles. The lowest BCUT2D eigenvalue weighted by Gasteiger charge is -2.01. The van der Waals surface area contributed by atoms with Crippen molar-refractivity contribution < 1.29 is 0 Å².